The largest absolute Gasteiger partial charge is 0.328 e. The van der Waals surface area contributed by atoms with Crippen LogP contribution in [0.2, 0.25) is 0 Å². The van der Waals surface area contributed by atoms with Crippen LogP contribution in [0.3, 0.4) is 0 Å². The number of aromatic nitrogens is 2. The second kappa shape index (κ2) is 5.00. The van der Waals surface area contributed by atoms with Gasteiger partial charge in [-0.3, -0.25) is 4.79 Å². The molecule has 19 heavy (non-hydrogen) atoms. The fourth-order valence-corrected chi connectivity index (χ4v) is 2.02. The Labute approximate surface area is 114 Å². The zero-order valence-electron chi connectivity index (χ0n) is 12.0. The summed E-state index contributed by atoms with van der Waals surface area (Å²) in [5.41, 5.74) is 2.01. The zero-order valence-corrected chi connectivity index (χ0v) is 12.0. The highest BCUT2D eigenvalue weighted by Crippen LogP contribution is 2.22. The lowest BCUT2D eigenvalue weighted by atomic mass is 9.86. The summed E-state index contributed by atoms with van der Waals surface area (Å²) in [7, 11) is 0. The summed E-state index contributed by atoms with van der Waals surface area (Å²) in [4.78, 5) is 16.5. The van der Waals surface area contributed by atoms with Crippen LogP contribution in [-0.4, -0.2) is 15.3 Å². The summed E-state index contributed by atoms with van der Waals surface area (Å²) in [6.45, 7) is 9.23. The lowest BCUT2D eigenvalue weighted by Crippen LogP contribution is -2.13. The molecule has 0 radical (unpaired) electrons. The van der Waals surface area contributed by atoms with E-state index in [-0.39, 0.29) is 11.2 Å². The molecule has 2 aromatic rings. The Bertz CT molecular complexity index is 574. The number of aryl methyl sites for hydroxylation is 1. The van der Waals surface area contributed by atoms with Gasteiger partial charge in [-0.15, -0.1) is 0 Å². The molecule has 0 N–H and O–H groups in total. The molecule has 0 aliphatic rings. The quantitative estimate of drug-likeness (QED) is 0.789. The van der Waals surface area contributed by atoms with Gasteiger partial charge in [-0.1, -0.05) is 45.0 Å². The first-order valence-corrected chi connectivity index (χ1v) is 6.60. The third kappa shape index (κ3) is 2.75. The van der Waals surface area contributed by atoms with E-state index in [0.29, 0.717) is 11.4 Å². The third-order valence-electron chi connectivity index (χ3n) is 3.27. The number of carbonyl (C=O) groups is 1. The van der Waals surface area contributed by atoms with Crippen LogP contribution in [0.1, 0.15) is 49.4 Å². The highest BCUT2D eigenvalue weighted by Gasteiger charge is 2.17. The van der Waals surface area contributed by atoms with Gasteiger partial charge in [0.25, 0.3) is 0 Å². The summed E-state index contributed by atoms with van der Waals surface area (Å²) < 4.78 is 1.86. The molecule has 0 fully saturated rings. The topological polar surface area (TPSA) is 34.9 Å². The van der Waals surface area contributed by atoms with E-state index in [4.69, 9.17) is 0 Å². The van der Waals surface area contributed by atoms with E-state index in [0.717, 1.165) is 6.54 Å². The van der Waals surface area contributed by atoms with Gasteiger partial charge < -0.3 is 4.57 Å². The number of carbonyl (C=O) groups excluding carboxylic acids is 1. The maximum absolute atomic E-state index is 12.4. The molecule has 1 aromatic heterocycles. The summed E-state index contributed by atoms with van der Waals surface area (Å²) >= 11 is 0. The fourth-order valence-electron chi connectivity index (χ4n) is 2.02. The first-order valence-electron chi connectivity index (χ1n) is 6.60. The van der Waals surface area contributed by atoms with Crippen LogP contribution in [-0.2, 0) is 12.0 Å². The maximum Gasteiger partial charge on any atom is 0.228 e. The molecule has 0 aliphatic heterocycles. The molecule has 1 aromatic carbocycles. The van der Waals surface area contributed by atoms with Crippen molar-refractivity contribution in [1.82, 2.24) is 9.55 Å². The normalized spacial score (nSPS) is 11.6. The summed E-state index contributed by atoms with van der Waals surface area (Å²) in [6.07, 6.45) is 3.50. The molecule has 0 amide bonds. The van der Waals surface area contributed by atoms with E-state index in [2.05, 4.69) is 25.8 Å². The predicted molar refractivity (Wildman–Crippen MR) is 76.5 cm³/mol. The van der Waals surface area contributed by atoms with Crippen molar-refractivity contribution in [2.75, 3.05) is 0 Å². The second-order valence-corrected chi connectivity index (χ2v) is 5.69. The number of hydrogen-bond donors (Lipinski definition) is 0. The van der Waals surface area contributed by atoms with Crippen molar-refractivity contribution < 1.29 is 4.79 Å². The Hall–Kier alpha value is -1.90. The molecule has 100 valence electrons. The van der Waals surface area contributed by atoms with Crippen molar-refractivity contribution >= 4 is 5.78 Å². The molecule has 1 heterocycles. The Morgan fingerprint density at radius 2 is 1.84 bits per heavy atom. The van der Waals surface area contributed by atoms with E-state index in [1.165, 1.54) is 5.56 Å². The smallest absolute Gasteiger partial charge is 0.228 e. The van der Waals surface area contributed by atoms with Crippen LogP contribution in [0.15, 0.2) is 36.7 Å². The minimum Gasteiger partial charge on any atom is -0.328 e. The molecular formula is C16H20N2O. The van der Waals surface area contributed by atoms with Crippen molar-refractivity contribution in [1.29, 1.82) is 0 Å². The number of imidazole rings is 1. The van der Waals surface area contributed by atoms with Crippen LogP contribution in [0, 0.1) is 0 Å². The van der Waals surface area contributed by atoms with Gasteiger partial charge in [-0.25, -0.2) is 4.98 Å². The number of hydrogen-bond acceptors (Lipinski definition) is 2. The maximum atomic E-state index is 12.4. The first-order chi connectivity index (χ1) is 8.93. The van der Waals surface area contributed by atoms with Gasteiger partial charge in [-0.05, 0) is 17.9 Å². The van der Waals surface area contributed by atoms with Gasteiger partial charge in [0.15, 0.2) is 5.82 Å². The zero-order chi connectivity index (χ0) is 14.0. The van der Waals surface area contributed by atoms with Crippen molar-refractivity contribution in [2.45, 2.75) is 39.7 Å². The SMILES string of the molecule is CCn1ccnc1C(=O)c1ccc(C(C)(C)C)cc1. The number of ketones is 1. The molecular weight excluding hydrogens is 236 g/mol. The molecule has 0 saturated heterocycles. The predicted octanol–water partition coefficient (Wildman–Crippen LogP) is 3.43. The summed E-state index contributed by atoms with van der Waals surface area (Å²) in [5.74, 6) is 0.485. The molecule has 0 spiro atoms. The standard InChI is InChI=1S/C16H20N2O/c1-5-18-11-10-17-15(18)14(19)12-6-8-13(9-7-12)16(2,3)4/h6-11H,5H2,1-4H3. The minimum absolute atomic E-state index is 0.0210. The van der Waals surface area contributed by atoms with E-state index in [1.54, 1.807) is 6.20 Å². The Kier molecular flexibility index (Phi) is 3.56. The van der Waals surface area contributed by atoms with Crippen molar-refractivity contribution in [2.24, 2.45) is 0 Å². The molecule has 3 heteroatoms. The van der Waals surface area contributed by atoms with Crippen molar-refractivity contribution in [3.63, 3.8) is 0 Å². The van der Waals surface area contributed by atoms with Gasteiger partial charge in [-0.2, -0.15) is 0 Å². The van der Waals surface area contributed by atoms with Crippen molar-refractivity contribution in [3.05, 3.63) is 53.6 Å². The third-order valence-corrected chi connectivity index (χ3v) is 3.27. The molecule has 3 nitrogen and oxygen atoms in total. The highest BCUT2D eigenvalue weighted by atomic mass is 16.1. The number of nitrogens with zero attached hydrogens (tertiary/aromatic N) is 2. The number of benzene rings is 1. The second-order valence-electron chi connectivity index (χ2n) is 5.69. The molecule has 0 unspecified atom stereocenters. The van der Waals surface area contributed by atoms with Crippen LogP contribution in [0.25, 0.3) is 0 Å². The van der Waals surface area contributed by atoms with E-state index >= 15 is 0 Å². The van der Waals surface area contributed by atoms with Gasteiger partial charge in [0.2, 0.25) is 5.78 Å². The van der Waals surface area contributed by atoms with Gasteiger partial charge >= 0.3 is 0 Å². The lowest BCUT2D eigenvalue weighted by Gasteiger charge is -2.18. The van der Waals surface area contributed by atoms with Crippen molar-refractivity contribution in [3.8, 4) is 0 Å². The van der Waals surface area contributed by atoms with Crippen LogP contribution in [0.4, 0.5) is 0 Å². The lowest BCUT2D eigenvalue weighted by molar-refractivity contribution is 0.102. The highest BCUT2D eigenvalue weighted by molar-refractivity contribution is 6.06. The fraction of sp³-hybridized carbons (Fsp3) is 0.375. The molecule has 2 rings (SSSR count). The average Bonchev–Trinajstić information content (AvgIpc) is 2.85. The summed E-state index contributed by atoms with van der Waals surface area (Å²) in [6, 6.07) is 7.81. The van der Waals surface area contributed by atoms with Gasteiger partial charge in [0.1, 0.15) is 0 Å². The average molecular weight is 256 g/mol. The molecule has 0 atom stereocenters. The van der Waals surface area contributed by atoms with E-state index in [9.17, 15) is 4.79 Å². The van der Waals surface area contributed by atoms with Crippen LogP contribution in [0.5, 0.6) is 0 Å². The van der Waals surface area contributed by atoms with Gasteiger partial charge in [0.05, 0.1) is 0 Å². The molecule has 0 bridgehead atoms. The minimum atomic E-state index is -0.0210. The van der Waals surface area contributed by atoms with Crippen LogP contribution < -0.4 is 0 Å². The van der Waals surface area contributed by atoms with Crippen LogP contribution >= 0.6 is 0 Å². The Balaban J connectivity index is 2.30. The number of rotatable bonds is 3. The first kappa shape index (κ1) is 13.5. The molecule has 0 saturated carbocycles. The molecule has 0 aliphatic carbocycles. The van der Waals surface area contributed by atoms with E-state index < -0.39 is 0 Å². The Morgan fingerprint density at radius 1 is 1.21 bits per heavy atom. The van der Waals surface area contributed by atoms with Gasteiger partial charge in [0, 0.05) is 24.5 Å². The van der Waals surface area contributed by atoms with E-state index in [1.807, 2.05) is 42.0 Å². The summed E-state index contributed by atoms with van der Waals surface area (Å²) in [5, 5.41) is 0. The Morgan fingerprint density at radius 3 is 2.37 bits per heavy atom. The monoisotopic (exact) mass is 256 g/mol.